The number of aliphatic hydroxyl groups excluding tert-OH is 2. The topological polar surface area (TPSA) is 94.4 Å². The zero-order chi connectivity index (χ0) is 23.1. The van der Waals surface area contributed by atoms with E-state index in [2.05, 4.69) is 26.1 Å². The third kappa shape index (κ3) is 4.19. The summed E-state index contributed by atoms with van der Waals surface area (Å²) in [7, 11) is 0. The zero-order valence-corrected chi connectivity index (χ0v) is 19.2. The Morgan fingerprint density at radius 1 is 1.18 bits per heavy atom. The molecule has 0 bridgehead atoms. The molecular weight excluding hydrogens is 491 g/mol. The van der Waals surface area contributed by atoms with Crippen LogP contribution in [-0.2, 0) is 0 Å². The van der Waals surface area contributed by atoms with E-state index in [4.69, 9.17) is 0 Å². The molecule has 0 radical (unpaired) electrons. The Bertz CT molecular complexity index is 1370. The van der Waals surface area contributed by atoms with Gasteiger partial charge in [-0.1, -0.05) is 22.0 Å². The van der Waals surface area contributed by atoms with E-state index in [0.717, 1.165) is 34.4 Å². The van der Waals surface area contributed by atoms with Gasteiger partial charge in [0.25, 0.3) is 5.56 Å². The number of hydrogen-bond donors (Lipinski definition) is 3. The molecule has 1 unspecified atom stereocenters. The van der Waals surface area contributed by atoms with Crippen molar-refractivity contribution in [2.75, 3.05) is 24.6 Å². The van der Waals surface area contributed by atoms with E-state index in [-0.39, 0.29) is 18.3 Å². The van der Waals surface area contributed by atoms with Crippen molar-refractivity contribution >= 4 is 32.7 Å². The highest BCUT2D eigenvalue weighted by Gasteiger charge is 2.24. The third-order valence-corrected chi connectivity index (χ3v) is 6.52. The van der Waals surface area contributed by atoms with Crippen LogP contribution in [0, 0.1) is 5.82 Å². The molecule has 0 aliphatic carbocycles. The first-order valence-corrected chi connectivity index (χ1v) is 11.4. The number of rotatable bonds is 5. The van der Waals surface area contributed by atoms with Crippen LogP contribution in [0.5, 0.6) is 0 Å². The van der Waals surface area contributed by atoms with E-state index in [0.29, 0.717) is 23.0 Å². The molecule has 0 saturated carbocycles. The predicted molar refractivity (Wildman–Crippen MR) is 128 cm³/mol. The molecule has 3 N–H and O–H groups in total. The van der Waals surface area contributed by atoms with Crippen LogP contribution in [0.15, 0.2) is 64.0 Å². The number of nitrogens with zero attached hydrogens (tertiary/aromatic N) is 3. The molecule has 0 spiro atoms. The van der Waals surface area contributed by atoms with Gasteiger partial charge in [0, 0.05) is 35.2 Å². The number of H-pyrrole nitrogens is 1. The molecule has 4 aromatic rings. The molecule has 1 aliphatic rings. The second kappa shape index (κ2) is 8.74. The van der Waals surface area contributed by atoms with Gasteiger partial charge >= 0.3 is 0 Å². The van der Waals surface area contributed by atoms with Crippen LogP contribution in [0.4, 0.5) is 10.2 Å². The van der Waals surface area contributed by atoms with Gasteiger partial charge in [0.1, 0.15) is 5.82 Å². The average Bonchev–Trinajstić information content (AvgIpc) is 3.40. The standard InChI is InChI=1S/C24H22BrFN4O3/c25-17-7-16(8-18(26)11-17)22(13-31)30-6-3-15(10-23(30)33)14-1-2-21-20(9-14)24(28-27-21)29-5-4-19(32)12-29/h1-3,6-11,19,22,31-32H,4-5,12-13H2,(H,27,28)/t19?,22-/m1/s1. The van der Waals surface area contributed by atoms with E-state index in [9.17, 15) is 19.4 Å². The summed E-state index contributed by atoms with van der Waals surface area (Å²) in [4.78, 5) is 15.0. The van der Waals surface area contributed by atoms with Crippen molar-refractivity contribution < 1.29 is 14.6 Å². The van der Waals surface area contributed by atoms with E-state index in [1.807, 2.05) is 23.1 Å². The molecule has 2 atom stereocenters. The van der Waals surface area contributed by atoms with Gasteiger partial charge in [-0.25, -0.2) is 4.39 Å². The highest BCUT2D eigenvalue weighted by Crippen LogP contribution is 2.31. The summed E-state index contributed by atoms with van der Waals surface area (Å²) in [6, 6.07) is 12.7. The van der Waals surface area contributed by atoms with Crippen molar-refractivity contribution in [1.82, 2.24) is 14.8 Å². The largest absolute Gasteiger partial charge is 0.394 e. The molecule has 7 nitrogen and oxygen atoms in total. The Labute approximate surface area is 197 Å². The summed E-state index contributed by atoms with van der Waals surface area (Å²) in [5.74, 6) is 0.339. The maximum atomic E-state index is 13.9. The van der Waals surface area contributed by atoms with Crippen LogP contribution >= 0.6 is 15.9 Å². The molecule has 1 saturated heterocycles. The fraction of sp³-hybridized carbons (Fsp3) is 0.250. The maximum absolute atomic E-state index is 13.9. The minimum atomic E-state index is -0.705. The molecule has 0 amide bonds. The molecule has 9 heteroatoms. The van der Waals surface area contributed by atoms with Crippen LogP contribution in [0.2, 0.25) is 0 Å². The number of aromatic nitrogens is 3. The first-order chi connectivity index (χ1) is 15.9. The lowest BCUT2D eigenvalue weighted by Crippen LogP contribution is -2.27. The lowest BCUT2D eigenvalue weighted by atomic mass is 10.0. The SMILES string of the molecule is O=c1cc(-c2ccc3[nH]nc(N4CCC(O)C4)c3c2)ccn1[C@H](CO)c1cc(F)cc(Br)c1. The Morgan fingerprint density at radius 3 is 2.70 bits per heavy atom. The summed E-state index contributed by atoms with van der Waals surface area (Å²) in [5, 5.41) is 28.2. The monoisotopic (exact) mass is 512 g/mol. The van der Waals surface area contributed by atoms with Crippen molar-refractivity contribution in [3.63, 3.8) is 0 Å². The van der Waals surface area contributed by atoms with E-state index in [1.54, 1.807) is 18.3 Å². The Hall–Kier alpha value is -3.01. The Kier molecular flexibility index (Phi) is 5.77. The van der Waals surface area contributed by atoms with Crippen LogP contribution in [0.25, 0.3) is 22.0 Å². The van der Waals surface area contributed by atoms with Gasteiger partial charge in [0.2, 0.25) is 0 Å². The van der Waals surface area contributed by atoms with Gasteiger partial charge in [-0.2, -0.15) is 5.10 Å². The number of aliphatic hydroxyl groups is 2. The number of fused-ring (bicyclic) bond motifs is 1. The number of pyridine rings is 1. The molecule has 3 heterocycles. The van der Waals surface area contributed by atoms with Crippen molar-refractivity contribution in [3.05, 3.63) is 80.9 Å². The van der Waals surface area contributed by atoms with Gasteiger partial charge in [-0.3, -0.25) is 9.89 Å². The number of benzene rings is 2. The molecule has 1 aliphatic heterocycles. The second-order valence-electron chi connectivity index (χ2n) is 8.26. The van der Waals surface area contributed by atoms with Crippen molar-refractivity contribution in [3.8, 4) is 11.1 Å². The van der Waals surface area contributed by atoms with E-state index >= 15 is 0 Å². The molecule has 2 aromatic heterocycles. The van der Waals surface area contributed by atoms with Crippen molar-refractivity contribution in [1.29, 1.82) is 0 Å². The first-order valence-electron chi connectivity index (χ1n) is 10.6. The minimum Gasteiger partial charge on any atom is -0.394 e. The van der Waals surface area contributed by atoms with Gasteiger partial charge < -0.3 is 19.7 Å². The number of halogens is 2. The summed E-state index contributed by atoms with van der Waals surface area (Å²) >= 11 is 3.26. The highest BCUT2D eigenvalue weighted by atomic mass is 79.9. The summed E-state index contributed by atoms with van der Waals surface area (Å²) in [5.41, 5.74) is 2.64. The van der Waals surface area contributed by atoms with Crippen LogP contribution < -0.4 is 10.5 Å². The Morgan fingerprint density at radius 2 is 2.00 bits per heavy atom. The second-order valence-corrected chi connectivity index (χ2v) is 9.17. The fourth-order valence-corrected chi connectivity index (χ4v) is 4.89. The van der Waals surface area contributed by atoms with E-state index in [1.165, 1.54) is 22.8 Å². The minimum absolute atomic E-state index is 0.304. The van der Waals surface area contributed by atoms with Crippen molar-refractivity contribution in [2.24, 2.45) is 0 Å². The normalized spacial score (nSPS) is 17.1. The van der Waals surface area contributed by atoms with Gasteiger partial charge in [-0.15, -0.1) is 0 Å². The Balaban J connectivity index is 1.50. The van der Waals surface area contributed by atoms with Crippen LogP contribution in [0.3, 0.4) is 0 Å². The molecule has 2 aromatic carbocycles. The quantitative estimate of drug-likeness (QED) is 0.380. The van der Waals surface area contributed by atoms with Crippen LogP contribution in [0.1, 0.15) is 18.0 Å². The highest BCUT2D eigenvalue weighted by molar-refractivity contribution is 9.10. The van der Waals surface area contributed by atoms with Crippen LogP contribution in [-0.4, -0.2) is 50.8 Å². The predicted octanol–water partition coefficient (Wildman–Crippen LogP) is 3.45. The van der Waals surface area contributed by atoms with Gasteiger partial charge in [0.05, 0.1) is 24.3 Å². The average molecular weight is 513 g/mol. The maximum Gasteiger partial charge on any atom is 0.251 e. The number of β-amino-alcohol motifs (C(OH)–C–C–N with tert-alkyl or cyclic N) is 1. The molecule has 1 fully saturated rings. The molecule has 33 heavy (non-hydrogen) atoms. The zero-order valence-electron chi connectivity index (χ0n) is 17.6. The number of aromatic amines is 1. The van der Waals surface area contributed by atoms with Gasteiger partial charge in [0.15, 0.2) is 5.82 Å². The fourth-order valence-electron chi connectivity index (χ4n) is 4.40. The third-order valence-electron chi connectivity index (χ3n) is 6.07. The number of hydrogen-bond acceptors (Lipinski definition) is 5. The summed E-state index contributed by atoms with van der Waals surface area (Å²) < 4.78 is 15.8. The number of anilines is 1. The smallest absolute Gasteiger partial charge is 0.251 e. The van der Waals surface area contributed by atoms with E-state index < -0.39 is 11.9 Å². The molecular formula is C24H22BrFN4O3. The molecule has 170 valence electrons. The lowest BCUT2D eigenvalue weighted by molar-refractivity contribution is 0.198. The lowest BCUT2D eigenvalue weighted by Gasteiger charge is -2.19. The first kappa shape index (κ1) is 21.8. The summed E-state index contributed by atoms with van der Waals surface area (Å²) in [6.45, 7) is 0.931. The molecule has 5 rings (SSSR count). The number of nitrogens with one attached hydrogen (secondary N) is 1. The van der Waals surface area contributed by atoms with Gasteiger partial charge in [-0.05, 0) is 59.5 Å². The van der Waals surface area contributed by atoms with Crippen molar-refractivity contribution in [2.45, 2.75) is 18.6 Å². The summed E-state index contributed by atoms with van der Waals surface area (Å²) in [6.07, 6.45) is 1.97.